The number of fused-ring (bicyclic) bond motifs is 1. The maximum absolute atomic E-state index is 13.6. The average molecular weight is 431 g/mol. The molecule has 2 heterocycles. The number of methoxy groups -OCH3 is 2. The number of nitrogens with zero attached hydrogens (tertiary/aromatic N) is 1. The summed E-state index contributed by atoms with van der Waals surface area (Å²) in [6.07, 6.45) is 1.15. The summed E-state index contributed by atoms with van der Waals surface area (Å²) in [6.45, 7) is 4.01. The second-order valence-corrected chi connectivity index (χ2v) is 8.46. The zero-order valence-electron chi connectivity index (χ0n) is 18.7. The highest BCUT2D eigenvalue weighted by Crippen LogP contribution is 2.50. The molecule has 1 N–H and O–H groups in total. The van der Waals surface area contributed by atoms with Crippen molar-refractivity contribution in [1.82, 2.24) is 5.16 Å². The predicted octanol–water partition coefficient (Wildman–Crippen LogP) is 5.27. The highest BCUT2D eigenvalue weighted by molar-refractivity contribution is 6.01. The summed E-state index contributed by atoms with van der Waals surface area (Å²) < 4.78 is 16.5. The Morgan fingerprint density at radius 2 is 1.81 bits per heavy atom. The van der Waals surface area contributed by atoms with E-state index in [9.17, 15) is 4.79 Å². The molecule has 3 aromatic rings. The summed E-state index contributed by atoms with van der Waals surface area (Å²) in [6, 6.07) is 14.1. The Balaban J connectivity index is 1.59. The molecule has 32 heavy (non-hydrogen) atoms. The SMILES string of the molecule is COc1ccc([C@H]2CC(=O)C3=C(C2)Nc2onc(C)c2[C@@H]3c2ccccc2C)cc1OC. The predicted molar refractivity (Wildman–Crippen MR) is 121 cm³/mol. The van der Waals surface area contributed by atoms with Crippen molar-refractivity contribution in [2.75, 3.05) is 19.5 Å². The number of ketones is 1. The molecule has 0 fully saturated rings. The number of hydrogen-bond donors (Lipinski definition) is 1. The molecule has 2 aliphatic rings. The van der Waals surface area contributed by atoms with E-state index in [-0.39, 0.29) is 17.6 Å². The van der Waals surface area contributed by atoms with Gasteiger partial charge in [-0.2, -0.15) is 0 Å². The second kappa shape index (κ2) is 7.86. The lowest BCUT2D eigenvalue weighted by molar-refractivity contribution is -0.116. The van der Waals surface area contributed by atoms with Gasteiger partial charge in [-0.1, -0.05) is 35.5 Å². The van der Waals surface area contributed by atoms with E-state index in [1.54, 1.807) is 14.2 Å². The van der Waals surface area contributed by atoms with Gasteiger partial charge in [-0.3, -0.25) is 4.79 Å². The summed E-state index contributed by atoms with van der Waals surface area (Å²) >= 11 is 0. The molecule has 0 saturated carbocycles. The summed E-state index contributed by atoms with van der Waals surface area (Å²) in [7, 11) is 3.24. The quantitative estimate of drug-likeness (QED) is 0.608. The summed E-state index contributed by atoms with van der Waals surface area (Å²) in [4.78, 5) is 13.6. The van der Waals surface area contributed by atoms with Gasteiger partial charge < -0.3 is 19.3 Å². The minimum atomic E-state index is -0.174. The zero-order valence-corrected chi connectivity index (χ0v) is 18.7. The Labute approximate surface area is 187 Å². The number of aromatic nitrogens is 1. The van der Waals surface area contributed by atoms with Crippen LogP contribution in [-0.4, -0.2) is 25.2 Å². The minimum absolute atomic E-state index is 0.0386. The smallest absolute Gasteiger partial charge is 0.233 e. The molecule has 6 heteroatoms. The van der Waals surface area contributed by atoms with E-state index < -0.39 is 0 Å². The highest BCUT2D eigenvalue weighted by Gasteiger charge is 2.41. The normalized spacial score (nSPS) is 19.8. The molecule has 1 aliphatic carbocycles. The molecule has 0 saturated heterocycles. The first-order chi connectivity index (χ1) is 15.5. The minimum Gasteiger partial charge on any atom is -0.493 e. The van der Waals surface area contributed by atoms with Crippen molar-refractivity contribution in [1.29, 1.82) is 0 Å². The number of Topliss-reactive ketones (excluding diaryl/α,β-unsaturated/α-hetero) is 1. The summed E-state index contributed by atoms with van der Waals surface area (Å²) in [5, 5.41) is 7.59. The van der Waals surface area contributed by atoms with Crippen LogP contribution in [0.5, 0.6) is 11.5 Å². The first-order valence-corrected chi connectivity index (χ1v) is 10.8. The Kier molecular flexibility index (Phi) is 5.00. The van der Waals surface area contributed by atoms with E-state index in [0.29, 0.717) is 30.2 Å². The Morgan fingerprint density at radius 1 is 1.03 bits per heavy atom. The lowest BCUT2D eigenvalue weighted by atomic mass is 9.71. The van der Waals surface area contributed by atoms with E-state index in [1.807, 2.05) is 37.3 Å². The molecule has 0 spiro atoms. The third-order valence-corrected chi connectivity index (χ3v) is 6.64. The van der Waals surface area contributed by atoms with Crippen molar-refractivity contribution in [3.8, 4) is 11.5 Å². The van der Waals surface area contributed by atoms with Gasteiger partial charge in [-0.15, -0.1) is 0 Å². The fraction of sp³-hybridized carbons (Fsp3) is 0.308. The monoisotopic (exact) mass is 430 g/mol. The number of allylic oxidation sites excluding steroid dienone is 2. The molecule has 1 aromatic heterocycles. The molecule has 6 nitrogen and oxygen atoms in total. The van der Waals surface area contributed by atoms with Gasteiger partial charge in [-0.05, 0) is 55.0 Å². The zero-order chi connectivity index (χ0) is 22.4. The van der Waals surface area contributed by atoms with Gasteiger partial charge >= 0.3 is 0 Å². The Morgan fingerprint density at radius 3 is 2.56 bits per heavy atom. The van der Waals surface area contributed by atoms with Crippen LogP contribution >= 0.6 is 0 Å². The van der Waals surface area contributed by atoms with Gasteiger partial charge in [0.25, 0.3) is 0 Å². The first kappa shape index (κ1) is 20.4. The van der Waals surface area contributed by atoms with E-state index >= 15 is 0 Å². The maximum Gasteiger partial charge on any atom is 0.233 e. The van der Waals surface area contributed by atoms with Crippen LogP contribution < -0.4 is 14.8 Å². The van der Waals surface area contributed by atoms with Gasteiger partial charge in [0.1, 0.15) is 0 Å². The van der Waals surface area contributed by atoms with Crippen molar-refractivity contribution in [3.63, 3.8) is 0 Å². The summed E-state index contributed by atoms with van der Waals surface area (Å²) in [5.41, 5.74) is 6.82. The van der Waals surface area contributed by atoms with Crippen LogP contribution in [0, 0.1) is 13.8 Å². The van der Waals surface area contributed by atoms with Gasteiger partial charge in [0.2, 0.25) is 5.88 Å². The fourth-order valence-electron chi connectivity index (χ4n) is 5.04. The Bertz CT molecular complexity index is 1240. The average Bonchev–Trinajstić information content (AvgIpc) is 3.17. The molecule has 1 aliphatic heterocycles. The van der Waals surface area contributed by atoms with Gasteiger partial charge in [-0.25, -0.2) is 0 Å². The van der Waals surface area contributed by atoms with Crippen LogP contribution in [0.3, 0.4) is 0 Å². The van der Waals surface area contributed by atoms with Crippen LogP contribution in [0.4, 0.5) is 5.88 Å². The van der Waals surface area contributed by atoms with Crippen molar-refractivity contribution in [2.24, 2.45) is 0 Å². The lowest BCUT2D eigenvalue weighted by Gasteiger charge is -2.35. The third kappa shape index (κ3) is 3.18. The molecule has 2 atom stereocenters. The topological polar surface area (TPSA) is 73.6 Å². The fourth-order valence-corrected chi connectivity index (χ4v) is 5.04. The highest BCUT2D eigenvalue weighted by atomic mass is 16.5. The van der Waals surface area contributed by atoms with Gasteiger partial charge in [0.05, 0.1) is 25.5 Å². The molecule has 0 amide bonds. The van der Waals surface area contributed by atoms with Crippen LogP contribution in [0.1, 0.15) is 52.6 Å². The largest absolute Gasteiger partial charge is 0.493 e. The van der Waals surface area contributed by atoms with Crippen LogP contribution in [0.25, 0.3) is 0 Å². The van der Waals surface area contributed by atoms with Gasteiger partial charge in [0, 0.05) is 23.6 Å². The number of hydrogen-bond acceptors (Lipinski definition) is 6. The Hall–Kier alpha value is -3.54. The molecule has 5 rings (SSSR count). The maximum atomic E-state index is 13.6. The number of rotatable bonds is 4. The van der Waals surface area contributed by atoms with E-state index in [4.69, 9.17) is 14.0 Å². The number of carbonyl (C=O) groups is 1. The standard InChI is InChI=1S/C26H26N2O4/c1-14-7-5-6-8-18(14)24-23-15(2)28-32-26(23)27-19-11-17(12-20(29)25(19)24)16-9-10-21(30-3)22(13-16)31-4/h5-10,13,17,24,27H,11-12H2,1-4H3/t17-,24+/m1/s1. The number of anilines is 1. The summed E-state index contributed by atoms with van der Waals surface area (Å²) in [5.74, 6) is 1.99. The van der Waals surface area contributed by atoms with Crippen molar-refractivity contribution in [2.45, 2.75) is 38.5 Å². The second-order valence-electron chi connectivity index (χ2n) is 8.46. The molecular formula is C26H26N2O4. The van der Waals surface area contributed by atoms with Gasteiger partial charge in [0.15, 0.2) is 17.3 Å². The molecule has 0 bridgehead atoms. The van der Waals surface area contributed by atoms with Crippen LogP contribution in [-0.2, 0) is 4.79 Å². The number of nitrogens with one attached hydrogen (secondary N) is 1. The molecule has 164 valence electrons. The number of carbonyl (C=O) groups excluding carboxylic acids is 1. The number of aryl methyl sites for hydroxylation is 2. The van der Waals surface area contributed by atoms with Crippen molar-refractivity contribution in [3.05, 3.63) is 81.7 Å². The van der Waals surface area contributed by atoms with E-state index in [2.05, 4.69) is 29.5 Å². The van der Waals surface area contributed by atoms with Crippen molar-refractivity contribution >= 4 is 11.7 Å². The third-order valence-electron chi connectivity index (χ3n) is 6.64. The molecular weight excluding hydrogens is 404 g/mol. The number of ether oxygens (including phenoxy) is 2. The molecule has 2 aromatic carbocycles. The molecule has 0 radical (unpaired) electrons. The van der Waals surface area contributed by atoms with E-state index in [0.717, 1.165) is 39.2 Å². The first-order valence-electron chi connectivity index (χ1n) is 10.8. The van der Waals surface area contributed by atoms with Crippen molar-refractivity contribution < 1.29 is 18.8 Å². The molecule has 0 unspecified atom stereocenters. The van der Waals surface area contributed by atoms with Crippen LogP contribution in [0.15, 0.2) is 58.3 Å². The lowest BCUT2D eigenvalue weighted by Crippen LogP contribution is -2.29. The van der Waals surface area contributed by atoms with E-state index in [1.165, 1.54) is 0 Å². The number of benzene rings is 2. The van der Waals surface area contributed by atoms with Crippen LogP contribution in [0.2, 0.25) is 0 Å².